The zero-order valence-corrected chi connectivity index (χ0v) is 21.9. The Morgan fingerprint density at radius 2 is 1.92 bits per heavy atom. The monoisotopic (exact) mass is 515 g/mol. The van der Waals surface area contributed by atoms with Gasteiger partial charge in [0.25, 0.3) is 11.8 Å². The Labute approximate surface area is 222 Å². The number of aryl methyl sites for hydroxylation is 1. The van der Waals surface area contributed by atoms with E-state index in [0.717, 1.165) is 38.8 Å². The first-order valence-electron chi connectivity index (χ1n) is 13.1. The van der Waals surface area contributed by atoms with Crippen molar-refractivity contribution in [3.8, 4) is 6.07 Å². The average molecular weight is 516 g/mol. The van der Waals surface area contributed by atoms with Crippen LogP contribution in [0.5, 0.6) is 0 Å². The number of amides is 3. The molecular formula is C28H33N7O3. The number of pyridine rings is 1. The van der Waals surface area contributed by atoms with Crippen LogP contribution in [0.15, 0.2) is 36.5 Å². The molecule has 10 nitrogen and oxygen atoms in total. The van der Waals surface area contributed by atoms with E-state index < -0.39 is 5.91 Å². The van der Waals surface area contributed by atoms with E-state index in [1.807, 2.05) is 17.9 Å². The van der Waals surface area contributed by atoms with Gasteiger partial charge in [0.1, 0.15) is 5.52 Å². The molecule has 3 amide bonds. The van der Waals surface area contributed by atoms with Crippen LogP contribution in [0.1, 0.15) is 71.7 Å². The number of benzene rings is 1. The van der Waals surface area contributed by atoms with E-state index in [1.54, 1.807) is 47.0 Å². The predicted octanol–water partition coefficient (Wildman–Crippen LogP) is 3.83. The first-order valence-corrected chi connectivity index (χ1v) is 13.1. The second-order valence-electron chi connectivity index (χ2n) is 9.57. The van der Waals surface area contributed by atoms with Crippen LogP contribution in [0.3, 0.4) is 0 Å². The Bertz CT molecular complexity index is 1370. The lowest BCUT2D eigenvalue weighted by Gasteiger charge is -2.26. The third-order valence-electron chi connectivity index (χ3n) is 6.72. The van der Waals surface area contributed by atoms with Crippen LogP contribution in [0.2, 0.25) is 0 Å². The first kappa shape index (κ1) is 26.8. The van der Waals surface area contributed by atoms with E-state index in [9.17, 15) is 19.6 Å². The smallest absolute Gasteiger partial charge is 0.258 e. The van der Waals surface area contributed by atoms with Crippen LogP contribution >= 0.6 is 0 Å². The molecule has 0 saturated carbocycles. The van der Waals surface area contributed by atoms with Crippen molar-refractivity contribution in [2.45, 2.75) is 52.0 Å². The molecule has 1 aliphatic heterocycles. The van der Waals surface area contributed by atoms with Crippen LogP contribution in [-0.4, -0.2) is 68.7 Å². The fourth-order valence-electron chi connectivity index (χ4n) is 4.61. The van der Waals surface area contributed by atoms with Gasteiger partial charge in [-0.05, 0) is 56.4 Å². The lowest BCUT2D eigenvalue weighted by Crippen LogP contribution is -2.35. The summed E-state index contributed by atoms with van der Waals surface area (Å²) in [5, 5.41) is 12.0. The lowest BCUT2D eigenvalue weighted by atomic mass is 10.1. The Morgan fingerprint density at radius 1 is 1.13 bits per heavy atom. The van der Waals surface area contributed by atoms with E-state index in [-0.39, 0.29) is 11.8 Å². The highest BCUT2D eigenvalue weighted by atomic mass is 16.2. The fourth-order valence-corrected chi connectivity index (χ4v) is 4.61. The number of nitrogens with one attached hydrogen (secondary N) is 1. The number of aromatic nitrogens is 3. The summed E-state index contributed by atoms with van der Waals surface area (Å²) in [5.41, 5.74) is 2.23. The maximum atomic E-state index is 13.0. The molecule has 0 unspecified atom stereocenters. The molecule has 3 aromatic rings. The lowest BCUT2D eigenvalue weighted by molar-refractivity contribution is -0.130. The molecule has 1 saturated heterocycles. The minimum Gasteiger partial charge on any atom is -0.346 e. The summed E-state index contributed by atoms with van der Waals surface area (Å²) in [5.74, 6) is -0.0834. The third kappa shape index (κ3) is 6.17. The Kier molecular flexibility index (Phi) is 8.69. The number of nitriles is 1. The summed E-state index contributed by atoms with van der Waals surface area (Å²) in [4.78, 5) is 51.0. The molecule has 1 aromatic carbocycles. The van der Waals surface area contributed by atoms with Crippen molar-refractivity contribution in [1.29, 1.82) is 5.26 Å². The number of hydrogen-bond donors (Lipinski definition) is 1. The van der Waals surface area contributed by atoms with Gasteiger partial charge in [-0.15, -0.1) is 0 Å². The molecule has 0 aliphatic carbocycles. The molecule has 10 heteroatoms. The number of likely N-dealkylation sites (tertiary alicyclic amines) is 1. The second-order valence-corrected chi connectivity index (χ2v) is 9.57. The van der Waals surface area contributed by atoms with E-state index >= 15 is 0 Å². The number of anilines is 1. The van der Waals surface area contributed by atoms with Crippen LogP contribution < -0.4 is 5.32 Å². The van der Waals surface area contributed by atoms with Crippen molar-refractivity contribution in [2.24, 2.45) is 0 Å². The van der Waals surface area contributed by atoms with Crippen molar-refractivity contribution in [3.63, 3.8) is 0 Å². The number of piperidine rings is 1. The number of rotatable bonds is 9. The molecule has 0 radical (unpaired) electrons. The molecule has 0 atom stereocenters. The Balaban J connectivity index is 1.61. The van der Waals surface area contributed by atoms with Gasteiger partial charge in [-0.2, -0.15) is 5.26 Å². The predicted molar refractivity (Wildman–Crippen MR) is 144 cm³/mol. The van der Waals surface area contributed by atoms with Gasteiger partial charge in [0, 0.05) is 51.4 Å². The average Bonchev–Trinajstić information content (AvgIpc) is 3.29. The standard InChI is InChI=1S/C28H33N7O3/c1-3-9-24(36)33(2)12-8-15-35-25-23(17-22(19-30-25)27(38)34-13-5-4-6-14-34)31-28(35)32-26(37)21-11-7-10-20(16-21)18-29/h7,10-11,16-17,19H,3-6,8-9,12-15H2,1-2H3,(H,31,32,37). The Morgan fingerprint density at radius 3 is 2.66 bits per heavy atom. The molecule has 198 valence electrons. The van der Waals surface area contributed by atoms with E-state index in [0.29, 0.717) is 59.7 Å². The number of fused-ring (bicyclic) bond motifs is 1. The zero-order valence-electron chi connectivity index (χ0n) is 21.9. The summed E-state index contributed by atoms with van der Waals surface area (Å²) in [6.07, 6.45) is 6.61. The normalized spacial score (nSPS) is 13.2. The molecule has 4 rings (SSSR count). The van der Waals surface area contributed by atoms with Crippen molar-refractivity contribution in [2.75, 3.05) is 32.0 Å². The van der Waals surface area contributed by atoms with Crippen LogP contribution in [0, 0.1) is 11.3 Å². The maximum absolute atomic E-state index is 13.0. The third-order valence-corrected chi connectivity index (χ3v) is 6.72. The number of nitrogens with zero attached hydrogens (tertiary/aromatic N) is 6. The molecular weight excluding hydrogens is 482 g/mol. The van der Waals surface area contributed by atoms with Crippen molar-refractivity contribution >= 4 is 34.8 Å². The molecule has 38 heavy (non-hydrogen) atoms. The molecule has 0 bridgehead atoms. The summed E-state index contributed by atoms with van der Waals surface area (Å²) < 4.78 is 1.80. The summed E-state index contributed by atoms with van der Waals surface area (Å²) in [7, 11) is 1.78. The van der Waals surface area contributed by atoms with Crippen molar-refractivity contribution < 1.29 is 14.4 Å². The van der Waals surface area contributed by atoms with Gasteiger partial charge in [-0.1, -0.05) is 13.0 Å². The highest BCUT2D eigenvalue weighted by molar-refractivity contribution is 6.04. The van der Waals surface area contributed by atoms with Gasteiger partial charge in [0.2, 0.25) is 11.9 Å². The summed E-state index contributed by atoms with van der Waals surface area (Å²) in [6, 6.07) is 10.2. The van der Waals surface area contributed by atoms with E-state index in [1.165, 1.54) is 6.07 Å². The van der Waals surface area contributed by atoms with E-state index in [4.69, 9.17) is 0 Å². The van der Waals surface area contributed by atoms with Gasteiger partial charge >= 0.3 is 0 Å². The van der Waals surface area contributed by atoms with Crippen molar-refractivity contribution in [1.82, 2.24) is 24.3 Å². The molecule has 1 aliphatic rings. The van der Waals surface area contributed by atoms with Crippen LogP contribution in [0.4, 0.5) is 5.95 Å². The van der Waals surface area contributed by atoms with Gasteiger partial charge in [-0.3, -0.25) is 24.3 Å². The summed E-state index contributed by atoms with van der Waals surface area (Å²) >= 11 is 0. The molecule has 0 spiro atoms. The van der Waals surface area contributed by atoms with E-state index in [2.05, 4.69) is 15.3 Å². The number of carbonyl (C=O) groups is 3. The number of carbonyl (C=O) groups excluding carboxylic acids is 3. The minimum absolute atomic E-state index is 0.0661. The fraction of sp³-hybridized carbons (Fsp3) is 0.429. The second kappa shape index (κ2) is 12.3. The highest BCUT2D eigenvalue weighted by Gasteiger charge is 2.22. The number of imidazole rings is 1. The topological polar surface area (TPSA) is 124 Å². The van der Waals surface area contributed by atoms with Gasteiger partial charge < -0.3 is 9.80 Å². The SMILES string of the molecule is CCCC(=O)N(C)CCCn1c(NC(=O)c2cccc(C#N)c2)nc2cc(C(=O)N3CCCCC3)cnc21. The van der Waals surface area contributed by atoms with Crippen molar-refractivity contribution in [3.05, 3.63) is 53.2 Å². The summed E-state index contributed by atoms with van der Waals surface area (Å²) in [6.45, 7) is 4.44. The van der Waals surface area contributed by atoms with Gasteiger partial charge in [0.05, 0.1) is 17.2 Å². The largest absolute Gasteiger partial charge is 0.346 e. The minimum atomic E-state index is -0.404. The van der Waals surface area contributed by atoms with Crippen LogP contribution in [0.25, 0.3) is 11.2 Å². The molecule has 3 heterocycles. The molecule has 1 fully saturated rings. The van der Waals surface area contributed by atoms with Crippen LogP contribution in [-0.2, 0) is 11.3 Å². The maximum Gasteiger partial charge on any atom is 0.258 e. The number of hydrogen-bond acceptors (Lipinski definition) is 6. The Hall–Kier alpha value is -4.26. The quantitative estimate of drug-likeness (QED) is 0.462. The highest BCUT2D eigenvalue weighted by Crippen LogP contribution is 2.22. The molecule has 1 N–H and O–H groups in total. The molecule has 2 aromatic heterocycles. The van der Waals surface area contributed by atoms with Gasteiger partial charge in [-0.25, -0.2) is 9.97 Å². The van der Waals surface area contributed by atoms with Gasteiger partial charge in [0.15, 0.2) is 5.65 Å². The first-order chi connectivity index (χ1) is 18.4. The zero-order chi connectivity index (χ0) is 27.1.